The maximum absolute atomic E-state index is 8.49. The smallest absolute Gasteiger partial charge is 0.175 e. The Bertz CT molecular complexity index is 641. The van der Waals surface area contributed by atoms with E-state index in [4.69, 9.17) is 30.2 Å². The Morgan fingerprint density at radius 1 is 1.14 bits per heavy atom. The summed E-state index contributed by atoms with van der Waals surface area (Å²) in [5, 5.41) is 5.10. The summed E-state index contributed by atoms with van der Waals surface area (Å²) in [5.74, 6) is 0. The molecule has 1 heterocycles. The van der Waals surface area contributed by atoms with E-state index in [0.717, 1.165) is 16.9 Å². The van der Waals surface area contributed by atoms with Crippen LogP contribution in [0.2, 0.25) is 5.15 Å². The van der Waals surface area contributed by atoms with Crippen LogP contribution < -0.4 is 18.6 Å². The van der Waals surface area contributed by atoms with Crippen molar-refractivity contribution < 1.29 is 33.5 Å². The number of benzene rings is 1. The van der Waals surface area contributed by atoms with Crippen molar-refractivity contribution in [2.45, 2.75) is 6.92 Å². The van der Waals surface area contributed by atoms with Crippen LogP contribution in [-0.2, 0) is 0 Å². The zero-order valence-corrected chi connectivity index (χ0v) is 13.7. The van der Waals surface area contributed by atoms with Crippen LogP contribution in [0.15, 0.2) is 30.3 Å². The van der Waals surface area contributed by atoms with Crippen molar-refractivity contribution >= 4 is 17.8 Å². The molecule has 0 fully saturated rings. The molecule has 0 atom stereocenters. The number of hydrogen-bond acceptors (Lipinski definition) is 5. The molecule has 0 radical (unpaired) electrons. The standard InChI is InChI=1S/C13H15ClN3.ClHO4/c1-10-12(9-16(2)3)13(14)17(15-10)11-7-5-4-6-8-11;2-1(3,4)5/h4-9H,1-3H3;(H,2,3,4,5)/q+1;/p-1. The fourth-order valence-electron chi connectivity index (χ4n) is 1.66. The third-order valence-corrected chi connectivity index (χ3v) is 2.80. The van der Waals surface area contributed by atoms with Crippen molar-refractivity contribution in [3.63, 3.8) is 0 Å². The summed E-state index contributed by atoms with van der Waals surface area (Å²) in [7, 11) is -1.01. The van der Waals surface area contributed by atoms with Gasteiger partial charge in [0.1, 0.15) is 19.2 Å². The lowest BCUT2D eigenvalue weighted by Crippen LogP contribution is -2.68. The van der Waals surface area contributed by atoms with E-state index in [0.29, 0.717) is 5.15 Å². The molecular weight excluding hydrogens is 333 g/mol. The van der Waals surface area contributed by atoms with Crippen molar-refractivity contribution in [2.24, 2.45) is 0 Å². The van der Waals surface area contributed by atoms with Crippen LogP contribution in [0.25, 0.3) is 5.69 Å². The number of para-hydroxylation sites is 1. The molecule has 0 N–H and O–H groups in total. The topological polar surface area (TPSA) is 113 Å². The van der Waals surface area contributed by atoms with Gasteiger partial charge < -0.3 is 0 Å². The molecule has 0 aliphatic heterocycles. The van der Waals surface area contributed by atoms with E-state index in [2.05, 4.69) is 5.10 Å². The van der Waals surface area contributed by atoms with Crippen molar-refractivity contribution in [2.75, 3.05) is 14.1 Å². The highest BCUT2D eigenvalue weighted by Crippen LogP contribution is 2.21. The average Bonchev–Trinajstić information content (AvgIpc) is 2.65. The predicted molar refractivity (Wildman–Crippen MR) is 70.6 cm³/mol. The molecule has 9 heteroatoms. The number of halogens is 2. The summed E-state index contributed by atoms with van der Waals surface area (Å²) in [6.07, 6.45) is 1.98. The van der Waals surface area contributed by atoms with Gasteiger partial charge in [-0.2, -0.15) is 5.10 Å². The summed E-state index contributed by atoms with van der Waals surface area (Å²) in [6, 6.07) is 9.88. The van der Waals surface area contributed by atoms with Crippen LogP contribution in [0.5, 0.6) is 0 Å². The highest BCUT2D eigenvalue weighted by Gasteiger charge is 2.14. The van der Waals surface area contributed by atoms with Gasteiger partial charge in [-0.3, -0.25) is 0 Å². The van der Waals surface area contributed by atoms with Gasteiger partial charge in [0, 0.05) is 0 Å². The third kappa shape index (κ3) is 6.10. The zero-order chi connectivity index (χ0) is 16.9. The molecule has 0 amide bonds. The third-order valence-electron chi connectivity index (χ3n) is 2.44. The normalized spacial score (nSPS) is 10.7. The van der Waals surface area contributed by atoms with Crippen molar-refractivity contribution in [3.05, 3.63) is 46.7 Å². The molecule has 0 saturated carbocycles. The maximum atomic E-state index is 8.49. The minimum atomic E-state index is -4.94. The summed E-state index contributed by atoms with van der Waals surface area (Å²) in [6.45, 7) is 1.96. The first kappa shape index (κ1) is 18.6. The molecule has 0 bridgehead atoms. The second kappa shape index (κ2) is 7.68. The lowest BCUT2D eigenvalue weighted by atomic mass is 10.3. The number of hydrogen-bond donors (Lipinski definition) is 0. The van der Waals surface area contributed by atoms with Crippen molar-refractivity contribution in [1.29, 1.82) is 0 Å². The quantitative estimate of drug-likeness (QED) is 0.450. The molecule has 7 nitrogen and oxygen atoms in total. The molecule has 2 rings (SSSR count). The molecule has 0 unspecified atom stereocenters. The summed E-state index contributed by atoms with van der Waals surface area (Å²) >= 11 is 6.35. The van der Waals surface area contributed by atoms with Crippen LogP contribution in [-0.4, -0.2) is 34.7 Å². The van der Waals surface area contributed by atoms with Crippen LogP contribution in [0.3, 0.4) is 0 Å². The molecule has 1 aromatic carbocycles. The second-order valence-corrected chi connectivity index (χ2v) is 5.62. The summed E-state index contributed by atoms with van der Waals surface area (Å²) < 4.78 is 37.7. The first-order valence-electron chi connectivity index (χ1n) is 6.03. The van der Waals surface area contributed by atoms with E-state index in [1.807, 2.05) is 62.1 Å². The van der Waals surface area contributed by atoms with Gasteiger partial charge in [0.25, 0.3) is 0 Å². The van der Waals surface area contributed by atoms with Gasteiger partial charge in [-0.1, -0.05) is 29.8 Å². The molecule has 1 aromatic heterocycles. The van der Waals surface area contributed by atoms with Crippen LogP contribution in [0.1, 0.15) is 11.3 Å². The fraction of sp³-hybridized carbons (Fsp3) is 0.231. The van der Waals surface area contributed by atoms with E-state index in [9.17, 15) is 0 Å². The fourth-order valence-corrected chi connectivity index (χ4v) is 1.98. The lowest BCUT2D eigenvalue weighted by molar-refractivity contribution is -2.00. The molecule has 22 heavy (non-hydrogen) atoms. The zero-order valence-electron chi connectivity index (χ0n) is 12.2. The minimum Gasteiger partial charge on any atom is -0.241 e. The van der Waals surface area contributed by atoms with E-state index in [1.54, 1.807) is 4.68 Å². The van der Waals surface area contributed by atoms with Crippen molar-refractivity contribution in [1.82, 2.24) is 9.78 Å². The Labute approximate surface area is 135 Å². The van der Waals surface area contributed by atoms with Gasteiger partial charge in [-0.05, 0) is 19.1 Å². The van der Waals surface area contributed by atoms with Crippen LogP contribution in [0, 0.1) is 17.2 Å². The van der Waals surface area contributed by atoms with Crippen LogP contribution in [0.4, 0.5) is 0 Å². The molecule has 2 aromatic rings. The Morgan fingerprint density at radius 3 is 2.09 bits per heavy atom. The van der Waals surface area contributed by atoms with Gasteiger partial charge in [0.2, 0.25) is 0 Å². The van der Waals surface area contributed by atoms with Gasteiger partial charge in [0.05, 0.1) is 16.9 Å². The summed E-state index contributed by atoms with van der Waals surface area (Å²) in [4.78, 5) is 0. The molecular formula is C13H15Cl2N3O4. The number of rotatable bonds is 2. The Morgan fingerprint density at radius 2 is 1.64 bits per heavy atom. The van der Waals surface area contributed by atoms with E-state index in [-0.39, 0.29) is 0 Å². The highest BCUT2D eigenvalue weighted by atomic mass is 35.7. The van der Waals surface area contributed by atoms with Gasteiger partial charge in [0.15, 0.2) is 6.21 Å². The van der Waals surface area contributed by atoms with E-state index < -0.39 is 10.2 Å². The Balaban J connectivity index is 0.000000422. The SMILES string of the molecule is Cc1nn(-c2ccccc2)c(Cl)c1C=[N+](C)C.[O-][Cl+3]([O-])([O-])[O-]. The predicted octanol–water partition coefficient (Wildman–Crippen LogP) is -2.23. The minimum absolute atomic E-state index is 0.641. The maximum Gasteiger partial charge on any atom is 0.175 e. The van der Waals surface area contributed by atoms with E-state index >= 15 is 0 Å². The number of aryl methyl sites for hydroxylation is 1. The van der Waals surface area contributed by atoms with Gasteiger partial charge in [-0.25, -0.2) is 27.9 Å². The molecule has 0 aliphatic carbocycles. The molecule has 0 saturated heterocycles. The number of nitrogens with zero attached hydrogens (tertiary/aromatic N) is 3. The molecule has 120 valence electrons. The van der Waals surface area contributed by atoms with Crippen molar-refractivity contribution in [3.8, 4) is 5.69 Å². The lowest BCUT2D eigenvalue weighted by Gasteiger charge is -2.17. The second-order valence-electron chi connectivity index (χ2n) is 4.51. The molecule has 0 spiro atoms. The van der Waals surface area contributed by atoms with E-state index in [1.165, 1.54) is 0 Å². The Hall–Kier alpha value is -1.48. The summed E-state index contributed by atoms with van der Waals surface area (Å²) in [5.41, 5.74) is 2.85. The van der Waals surface area contributed by atoms with Gasteiger partial charge >= 0.3 is 0 Å². The molecule has 0 aliphatic rings. The monoisotopic (exact) mass is 347 g/mol. The first-order valence-corrected chi connectivity index (χ1v) is 7.64. The average molecular weight is 348 g/mol. The van der Waals surface area contributed by atoms with Crippen LogP contribution >= 0.6 is 11.6 Å². The Kier molecular flexibility index (Phi) is 6.48. The van der Waals surface area contributed by atoms with Gasteiger partial charge in [-0.15, -0.1) is 10.2 Å². The number of aromatic nitrogens is 2. The first-order chi connectivity index (χ1) is 10.1. The largest absolute Gasteiger partial charge is 0.241 e. The highest BCUT2D eigenvalue weighted by molar-refractivity contribution is 6.32.